The molecule has 158 valence electrons. The van der Waals surface area contributed by atoms with E-state index in [-0.39, 0.29) is 11.5 Å². The van der Waals surface area contributed by atoms with Crippen molar-refractivity contribution >= 4 is 16.8 Å². The van der Waals surface area contributed by atoms with E-state index in [1.807, 2.05) is 0 Å². The van der Waals surface area contributed by atoms with Crippen LogP contribution in [-0.2, 0) is 4.74 Å². The highest BCUT2D eigenvalue weighted by molar-refractivity contribution is 5.94. The van der Waals surface area contributed by atoms with Crippen LogP contribution in [0.3, 0.4) is 0 Å². The number of carbonyl (C=O) groups excluding carboxylic acids is 1. The average molecular weight is 426 g/mol. The Kier molecular flexibility index (Phi) is 4.97. The van der Waals surface area contributed by atoms with Gasteiger partial charge in [-0.1, -0.05) is 11.3 Å². The minimum absolute atomic E-state index is 0.0265. The van der Waals surface area contributed by atoms with Crippen molar-refractivity contribution in [2.75, 3.05) is 26.3 Å². The number of H-pyrrole nitrogens is 1. The van der Waals surface area contributed by atoms with Gasteiger partial charge in [0.05, 0.1) is 42.3 Å². The molecular weight excluding hydrogens is 408 g/mol. The molecule has 1 fully saturated rings. The first-order chi connectivity index (χ1) is 15.6. The maximum atomic E-state index is 12.6. The number of benzene rings is 2. The molecule has 9 heteroatoms. The van der Waals surface area contributed by atoms with Gasteiger partial charge in [0.2, 0.25) is 0 Å². The summed E-state index contributed by atoms with van der Waals surface area (Å²) in [4.78, 5) is 29.8. The number of aromatic amines is 1. The third-order valence-corrected chi connectivity index (χ3v) is 5.42. The molecule has 3 heterocycles. The number of hydrogen-bond donors (Lipinski definition) is 1. The number of fused-ring (bicyclic) bond motifs is 1. The first-order valence-corrected chi connectivity index (χ1v) is 10.1. The van der Waals surface area contributed by atoms with Gasteiger partial charge in [-0.2, -0.15) is 5.26 Å². The zero-order valence-electron chi connectivity index (χ0n) is 17.0. The van der Waals surface area contributed by atoms with Crippen molar-refractivity contribution in [3.63, 3.8) is 0 Å². The lowest BCUT2D eigenvalue weighted by molar-refractivity contribution is 0.0303. The number of amides is 1. The van der Waals surface area contributed by atoms with Crippen LogP contribution in [0.1, 0.15) is 15.9 Å². The van der Waals surface area contributed by atoms with Crippen LogP contribution in [0.2, 0.25) is 0 Å². The number of aromatic nitrogens is 4. The topological polar surface area (TPSA) is 117 Å². The van der Waals surface area contributed by atoms with Crippen molar-refractivity contribution in [3.8, 4) is 23.0 Å². The van der Waals surface area contributed by atoms with Gasteiger partial charge >= 0.3 is 0 Å². The van der Waals surface area contributed by atoms with Crippen molar-refractivity contribution < 1.29 is 9.53 Å². The first-order valence-electron chi connectivity index (χ1n) is 10.1. The summed E-state index contributed by atoms with van der Waals surface area (Å²) >= 11 is 0. The standard InChI is InChI=1S/C23H18N6O3/c24-13-15-1-2-17-12-19(22(30)25-20(17)11-15)21-14-29(27-26-21)18-5-3-16(4-6-18)23(31)28-7-9-32-10-8-28/h1-6,11-12,14H,7-10H2,(H,25,30). The van der Waals surface area contributed by atoms with E-state index in [1.165, 1.54) is 0 Å². The zero-order chi connectivity index (χ0) is 22.1. The molecule has 0 bridgehead atoms. The SMILES string of the molecule is N#Cc1ccc2cc(-c3cn(-c4ccc(C(=O)N5CCOCC5)cc4)nn3)c(=O)[nH]c2c1. The lowest BCUT2D eigenvalue weighted by atomic mass is 10.1. The number of ether oxygens (including phenoxy) is 1. The summed E-state index contributed by atoms with van der Waals surface area (Å²) in [5.74, 6) is -0.0265. The third-order valence-electron chi connectivity index (χ3n) is 5.42. The van der Waals surface area contributed by atoms with E-state index in [0.717, 1.165) is 11.1 Å². The molecule has 1 N–H and O–H groups in total. The van der Waals surface area contributed by atoms with Crippen LogP contribution in [-0.4, -0.2) is 57.1 Å². The minimum Gasteiger partial charge on any atom is -0.378 e. The van der Waals surface area contributed by atoms with Gasteiger partial charge in [-0.05, 0) is 47.9 Å². The van der Waals surface area contributed by atoms with Crippen molar-refractivity contribution in [2.45, 2.75) is 0 Å². The largest absolute Gasteiger partial charge is 0.378 e. The Bertz CT molecular complexity index is 1410. The Morgan fingerprint density at radius 3 is 2.62 bits per heavy atom. The van der Waals surface area contributed by atoms with Gasteiger partial charge < -0.3 is 14.6 Å². The summed E-state index contributed by atoms with van der Waals surface area (Å²) in [6.07, 6.45) is 1.67. The zero-order valence-corrected chi connectivity index (χ0v) is 17.0. The second-order valence-electron chi connectivity index (χ2n) is 7.43. The highest BCUT2D eigenvalue weighted by Gasteiger charge is 2.18. The Morgan fingerprint density at radius 1 is 1.09 bits per heavy atom. The van der Waals surface area contributed by atoms with E-state index in [4.69, 9.17) is 10.00 Å². The fourth-order valence-corrected chi connectivity index (χ4v) is 3.68. The molecular formula is C23H18N6O3. The molecule has 0 radical (unpaired) electrons. The van der Waals surface area contributed by atoms with Gasteiger partial charge in [-0.3, -0.25) is 9.59 Å². The summed E-state index contributed by atoms with van der Waals surface area (Å²) in [5, 5.41) is 18.1. The van der Waals surface area contributed by atoms with Crippen LogP contribution in [0.25, 0.3) is 27.8 Å². The number of nitriles is 1. The predicted octanol–water partition coefficient (Wildman–Crippen LogP) is 2.12. The molecule has 1 amide bonds. The fourth-order valence-electron chi connectivity index (χ4n) is 3.68. The van der Waals surface area contributed by atoms with Crippen LogP contribution >= 0.6 is 0 Å². The number of rotatable bonds is 3. The molecule has 32 heavy (non-hydrogen) atoms. The Balaban J connectivity index is 1.41. The molecule has 0 saturated carbocycles. The molecule has 1 aliphatic rings. The van der Waals surface area contributed by atoms with E-state index >= 15 is 0 Å². The van der Waals surface area contributed by atoms with Crippen molar-refractivity contribution in [1.82, 2.24) is 24.9 Å². The van der Waals surface area contributed by atoms with E-state index in [0.29, 0.717) is 54.2 Å². The summed E-state index contributed by atoms with van der Waals surface area (Å²) in [6.45, 7) is 2.29. The van der Waals surface area contributed by atoms with Crippen LogP contribution < -0.4 is 5.56 Å². The smallest absolute Gasteiger partial charge is 0.258 e. The van der Waals surface area contributed by atoms with Crippen molar-refractivity contribution in [1.29, 1.82) is 5.26 Å². The lowest BCUT2D eigenvalue weighted by Gasteiger charge is -2.26. The highest BCUT2D eigenvalue weighted by atomic mass is 16.5. The molecule has 1 aliphatic heterocycles. The summed E-state index contributed by atoms with van der Waals surface area (Å²) < 4.78 is 6.85. The number of pyridine rings is 1. The van der Waals surface area contributed by atoms with Gasteiger partial charge in [0, 0.05) is 24.2 Å². The van der Waals surface area contributed by atoms with Crippen LogP contribution in [0.4, 0.5) is 0 Å². The molecule has 0 aliphatic carbocycles. The fraction of sp³-hybridized carbons (Fsp3) is 0.174. The normalized spacial score (nSPS) is 13.8. The molecule has 2 aromatic carbocycles. The number of morpholine rings is 1. The predicted molar refractivity (Wildman–Crippen MR) is 116 cm³/mol. The molecule has 2 aromatic heterocycles. The molecule has 0 unspecified atom stereocenters. The highest BCUT2D eigenvalue weighted by Crippen LogP contribution is 2.20. The maximum absolute atomic E-state index is 12.6. The van der Waals surface area contributed by atoms with Crippen molar-refractivity contribution in [3.05, 3.63) is 76.2 Å². The second-order valence-corrected chi connectivity index (χ2v) is 7.43. The average Bonchev–Trinajstić information content (AvgIpc) is 3.33. The van der Waals surface area contributed by atoms with E-state index in [9.17, 15) is 9.59 Å². The number of nitrogens with one attached hydrogen (secondary N) is 1. The Hall–Kier alpha value is -4.29. The summed E-state index contributed by atoms with van der Waals surface area (Å²) in [5.41, 5.74) is 2.87. The van der Waals surface area contributed by atoms with Crippen LogP contribution in [0, 0.1) is 11.3 Å². The van der Waals surface area contributed by atoms with Gasteiger partial charge in [0.1, 0.15) is 5.69 Å². The van der Waals surface area contributed by atoms with E-state index in [2.05, 4.69) is 21.4 Å². The Labute approximate surface area is 182 Å². The maximum Gasteiger partial charge on any atom is 0.258 e. The first kappa shape index (κ1) is 19.7. The Morgan fingerprint density at radius 2 is 1.88 bits per heavy atom. The molecule has 4 aromatic rings. The van der Waals surface area contributed by atoms with Gasteiger partial charge in [0.25, 0.3) is 11.5 Å². The van der Waals surface area contributed by atoms with Crippen LogP contribution in [0.15, 0.2) is 59.5 Å². The summed E-state index contributed by atoms with van der Waals surface area (Å²) in [7, 11) is 0. The summed E-state index contributed by atoms with van der Waals surface area (Å²) in [6, 6.07) is 16.0. The van der Waals surface area contributed by atoms with Gasteiger partial charge in [-0.25, -0.2) is 4.68 Å². The van der Waals surface area contributed by atoms with Gasteiger partial charge in [0.15, 0.2) is 0 Å². The third kappa shape index (κ3) is 3.64. The lowest BCUT2D eigenvalue weighted by Crippen LogP contribution is -2.40. The monoisotopic (exact) mass is 426 g/mol. The number of carbonyl (C=O) groups is 1. The molecule has 0 spiro atoms. The second kappa shape index (κ2) is 8.09. The molecule has 1 saturated heterocycles. The quantitative estimate of drug-likeness (QED) is 0.536. The molecule has 5 rings (SSSR count). The number of nitrogens with zero attached hydrogens (tertiary/aromatic N) is 5. The van der Waals surface area contributed by atoms with Crippen LogP contribution in [0.5, 0.6) is 0 Å². The van der Waals surface area contributed by atoms with E-state index < -0.39 is 0 Å². The molecule has 9 nitrogen and oxygen atoms in total. The van der Waals surface area contributed by atoms with E-state index in [1.54, 1.807) is 64.3 Å². The minimum atomic E-state index is -0.314. The number of hydrogen-bond acceptors (Lipinski definition) is 6. The van der Waals surface area contributed by atoms with Crippen molar-refractivity contribution in [2.24, 2.45) is 0 Å². The van der Waals surface area contributed by atoms with Gasteiger partial charge in [-0.15, -0.1) is 5.10 Å². The molecule has 0 atom stereocenters.